The van der Waals surface area contributed by atoms with Gasteiger partial charge in [-0.2, -0.15) is 0 Å². The summed E-state index contributed by atoms with van der Waals surface area (Å²) in [5.41, 5.74) is 0.625. The molecule has 130 valence electrons. The second kappa shape index (κ2) is 9.50. The summed E-state index contributed by atoms with van der Waals surface area (Å²) in [6, 6.07) is 7.03. The Labute approximate surface area is 138 Å². The van der Waals surface area contributed by atoms with Gasteiger partial charge in [-0.3, -0.25) is 4.99 Å². The van der Waals surface area contributed by atoms with Crippen LogP contribution in [0.2, 0.25) is 0 Å². The summed E-state index contributed by atoms with van der Waals surface area (Å²) in [7, 11) is 6.14. The third kappa shape index (κ3) is 9.18. The van der Waals surface area contributed by atoms with E-state index in [0.717, 1.165) is 11.0 Å². The Morgan fingerprint density at radius 2 is 1.87 bits per heavy atom. The molecule has 1 rings (SSSR count). The van der Waals surface area contributed by atoms with Crippen LogP contribution in [-0.2, 0) is 4.74 Å². The predicted octanol–water partition coefficient (Wildman–Crippen LogP) is 0.682. The zero-order chi connectivity index (χ0) is 17.3. The Morgan fingerprint density at radius 3 is 2.43 bits per heavy atom. The fraction of sp³-hybridized carbons (Fsp3) is 0.588. The highest BCUT2D eigenvalue weighted by Gasteiger charge is 2.09. The lowest BCUT2D eigenvalue weighted by molar-refractivity contribution is -0.869. The van der Waals surface area contributed by atoms with Crippen molar-refractivity contribution in [3.63, 3.8) is 0 Å². The van der Waals surface area contributed by atoms with Crippen molar-refractivity contribution in [2.75, 3.05) is 47.5 Å². The number of ether oxygens (including phenoxy) is 2. The molecular formula is C17H29N2O4+. The lowest BCUT2D eigenvalue weighted by Crippen LogP contribution is -2.38. The molecule has 2 N–H and O–H groups in total. The molecule has 0 spiro atoms. The van der Waals surface area contributed by atoms with Gasteiger partial charge in [0.05, 0.1) is 33.4 Å². The van der Waals surface area contributed by atoms with E-state index in [4.69, 9.17) is 14.6 Å². The SMILES string of the molecule is CCOC[C@H]([OH2+])COc1ccc(N=C([O-])CC[N+](C)(C)C)cc1. The molecule has 1 atom stereocenters. The quantitative estimate of drug-likeness (QED) is 0.275. The topological polar surface area (TPSA) is 76.8 Å². The molecule has 0 saturated carbocycles. The predicted molar refractivity (Wildman–Crippen MR) is 90.4 cm³/mol. The number of rotatable bonds is 10. The Balaban J connectivity index is 2.46. The molecule has 0 aliphatic rings. The molecular weight excluding hydrogens is 296 g/mol. The minimum absolute atomic E-state index is 0.116. The molecule has 6 heteroatoms. The minimum atomic E-state index is -0.406. The van der Waals surface area contributed by atoms with E-state index in [1.54, 1.807) is 24.3 Å². The maximum Gasteiger partial charge on any atom is 0.212 e. The zero-order valence-corrected chi connectivity index (χ0v) is 14.5. The van der Waals surface area contributed by atoms with Crippen molar-refractivity contribution < 1.29 is 24.2 Å². The van der Waals surface area contributed by atoms with Crippen LogP contribution in [-0.4, -0.2) is 69.1 Å². The van der Waals surface area contributed by atoms with Crippen LogP contribution in [0.15, 0.2) is 29.3 Å². The van der Waals surface area contributed by atoms with Crippen LogP contribution in [0.25, 0.3) is 0 Å². The zero-order valence-electron chi connectivity index (χ0n) is 14.5. The van der Waals surface area contributed by atoms with E-state index in [1.165, 1.54) is 0 Å². The molecule has 0 bridgehead atoms. The summed E-state index contributed by atoms with van der Waals surface area (Å²) in [4.78, 5) is 4.08. The number of hydrogen-bond acceptors (Lipinski definition) is 4. The maximum atomic E-state index is 11.8. The van der Waals surface area contributed by atoms with E-state index in [0.29, 0.717) is 31.1 Å². The van der Waals surface area contributed by atoms with Crippen molar-refractivity contribution in [3.8, 4) is 5.75 Å². The first kappa shape index (κ1) is 19.4. The van der Waals surface area contributed by atoms with Crippen molar-refractivity contribution in [1.82, 2.24) is 0 Å². The fourth-order valence-electron chi connectivity index (χ4n) is 1.75. The van der Waals surface area contributed by atoms with Gasteiger partial charge in [-0.25, -0.2) is 0 Å². The highest BCUT2D eigenvalue weighted by molar-refractivity contribution is 5.75. The monoisotopic (exact) mass is 325 g/mol. The van der Waals surface area contributed by atoms with Gasteiger partial charge in [0.25, 0.3) is 0 Å². The van der Waals surface area contributed by atoms with Gasteiger partial charge in [0, 0.05) is 13.0 Å². The smallest absolute Gasteiger partial charge is 0.212 e. The van der Waals surface area contributed by atoms with Gasteiger partial charge in [0.15, 0.2) is 6.61 Å². The molecule has 0 heterocycles. The Morgan fingerprint density at radius 1 is 1.22 bits per heavy atom. The molecule has 0 aliphatic carbocycles. The number of aliphatic imine (C=N–C) groups is 1. The third-order valence-corrected chi connectivity index (χ3v) is 3.06. The minimum Gasteiger partial charge on any atom is -0.862 e. The number of benzene rings is 1. The maximum absolute atomic E-state index is 11.8. The van der Waals surface area contributed by atoms with E-state index >= 15 is 0 Å². The molecule has 0 aromatic heterocycles. The molecule has 6 nitrogen and oxygen atoms in total. The molecule has 0 amide bonds. The molecule has 0 unspecified atom stereocenters. The second-order valence-electron chi connectivity index (χ2n) is 6.43. The van der Waals surface area contributed by atoms with Gasteiger partial charge in [0.2, 0.25) is 6.10 Å². The lowest BCUT2D eigenvalue weighted by Gasteiger charge is -2.25. The van der Waals surface area contributed by atoms with Gasteiger partial charge in [-0.05, 0) is 37.1 Å². The van der Waals surface area contributed by atoms with Gasteiger partial charge >= 0.3 is 0 Å². The van der Waals surface area contributed by atoms with Crippen LogP contribution in [0.3, 0.4) is 0 Å². The van der Waals surface area contributed by atoms with E-state index in [-0.39, 0.29) is 12.5 Å². The van der Waals surface area contributed by atoms with Crippen LogP contribution in [0.5, 0.6) is 5.75 Å². The number of quaternary nitrogens is 1. The molecule has 0 fully saturated rings. The highest BCUT2D eigenvalue weighted by Crippen LogP contribution is 2.18. The first-order valence-corrected chi connectivity index (χ1v) is 7.87. The normalized spacial score (nSPS) is 13.9. The van der Waals surface area contributed by atoms with Crippen molar-refractivity contribution in [1.29, 1.82) is 0 Å². The molecule has 1 aromatic carbocycles. The van der Waals surface area contributed by atoms with E-state index in [9.17, 15) is 5.11 Å². The number of hydrogen-bond donors (Lipinski definition) is 0. The average molecular weight is 325 g/mol. The van der Waals surface area contributed by atoms with Crippen LogP contribution in [0.1, 0.15) is 13.3 Å². The molecule has 23 heavy (non-hydrogen) atoms. The Bertz CT molecular complexity index is 480. The van der Waals surface area contributed by atoms with Gasteiger partial charge in [0.1, 0.15) is 12.4 Å². The lowest BCUT2D eigenvalue weighted by atomic mass is 10.3. The van der Waals surface area contributed by atoms with Crippen LogP contribution >= 0.6 is 0 Å². The summed E-state index contributed by atoms with van der Waals surface area (Å²) in [5.74, 6) is 0.547. The van der Waals surface area contributed by atoms with Gasteiger partial charge < -0.3 is 24.2 Å². The van der Waals surface area contributed by atoms with Crippen LogP contribution in [0.4, 0.5) is 5.69 Å². The third-order valence-electron chi connectivity index (χ3n) is 3.06. The van der Waals surface area contributed by atoms with Crippen molar-refractivity contribution >= 4 is 11.6 Å². The van der Waals surface area contributed by atoms with Gasteiger partial charge in [-0.1, -0.05) is 0 Å². The molecule has 1 aromatic rings. The van der Waals surface area contributed by atoms with E-state index in [1.807, 2.05) is 28.1 Å². The molecule has 0 radical (unpaired) electrons. The average Bonchev–Trinajstić information content (AvgIpc) is 2.49. The fourth-order valence-corrected chi connectivity index (χ4v) is 1.75. The van der Waals surface area contributed by atoms with Gasteiger partial charge in [-0.15, -0.1) is 0 Å². The van der Waals surface area contributed by atoms with Crippen molar-refractivity contribution in [2.24, 2.45) is 4.99 Å². The van der Waals surface area contributed by atoms with Crippen molar-refractivity contribution in [3.05, 3.63) is 24.3 Å². The summed E-state index contributed by atoms with van der Waals surface area (Å²) in [5, 5.41) is 19.6. The largest absolute Gasteiger partial charge is 0.862 e. The summed E-state index contributed by atoms with van der Waals surface area (Å²) >= 11 is 0. The Kier molecular flexibility index (Phi) is 8.02. The molecule has 0 aliphatic heterocycles. The highest BCUT2D eigenvalue weighted by atomic mass is 16.5. The van der Waals surface area contributed by atoms with E-state index < -0.39 is 6.10 Å². The van der Waals surface area contributed by atoms with Crippen LogP contribution < -0.4 is 9.84 Å². The first-order valence-electron chi connectivity index (χ1n) is 7.87. The summed E-state index contributed by atoms with van der Waals surface area (Å²) < 4.78 is 11.4. The van der Waals surface area contributed by atoms with Crippen molar-refractivity contribution in [2.45, 2.75) is 19.4 Å². The van der Waals surface area contributed by atoms with E-state index in [2.05, 4.69) is 4.99 Å². The first-order chi connectivity index (χ1) is 10.8. The number of nitrogens with zero attached hydrogens (tertiary/aromatic N) is 2. The summed E-state index contributed by atoms with van der Waals surface area (Å²) in [6.07, 6.45) is 0.0242. The summed E-state index contributed by atoms with van der Waals surface area (Å²) in [6.45, 7) is 3.91. The molecule has 0 saturated heterocycles. The Hall–Kier alpha value is -1.63. The van der Waals surface area contributed by atoms with Crippen LogP contribution in [0, 0.1) is 0 Å². The second-order valence-corrected chi connectivity index (χ2v) is 6.43. The standard InChI is InChI=1S/C17H28N2O4/c1-5-22-12-15(20)13-23-16-8-6-14(7-9-16)18-17(21)10-11-19(2,3)4/h6-9,15,20H,5,10-13H2,1-4H3/p+1/t15-/m0/s1.